The van der Waals surface area contributed by atoms with Gasteiger partial charge in [-0.1, -0.05) is 25.1 Å². The van der Waals surface area contributed by atoms with Crippen molar-refractivity contribution in [2.75, 3.05) is 11.1 Å². The molecule has 0 fully saturated rings. The van der Waals surface area contributed by atoms with E-state index < -0.39 is 45.3 Å². The number of carbonyl (C=O) groups excluding carboxylic acids is 1. The molecule has 1 unspecified atom stereocenters. The Hall–Kier alpha value is -2.64. The van der Waals surface area contributed by atoms with Crippen LogP contribution in [0.1, 0.15) is 36.1 Å². The van der Waals surface area contributed by atoms with Crippen LogP contribution in [0, 0.1) is 0 Å². The van der Waals surface area contributed by atoms with Gasteiger partial charge in [0, 0.05) is 17.8 Å². The van der Waals surface area contributed by atoms with E-state index in [1.165, 1.54) is 18.2 Å². The van der Waals surface area contributed by atoms with Crippen molar-refractivity contribution < 1.29 is 44.7 Å². The third-order valence-corrected chi connectivity index (χ3v) is 7.32. The lowest BCUT2D eigenvalue weighted by atomic mass is 9.92. The summed E-state index contributed by atoms with van der Waals surface area (Å²) in [6.07, 6.45) is -11.6. The number of anilines is 1. The van der Waals surface area contributed by atoms with E-state index in [0.29, 0.717) is 29.7 Å². The molecule has 2 aromatic rings. The fourth-order valence-electron chi connectivity index (χ4n) is 3.65. The maximum Gasteiger partial charge on any atom is 0.430 e. The molecular weight excluding hydrogens is 490 g/mol. The van der Waals surface area contributed by atoms with Crippen molar-refractivity contribution >= 4 is 21.4 Å². The Labute approximate surface area is 190 Å². The Morgan fingerprint density at radius 2 is 1.65 bits per heavy atom. The summed E-state index contributed by atoms with van der Waals surface area (Å²) in [6, 6.07) is 5.89. The highest BCUT2D eigenvalue weighted by atomic mass is 32.2. The zero-order valence-electron chi connectivity index (χ0n) is 17.6. The molecule has 3 N–H and O–H groups in total. The van der Waals surface area contributed by atoms with E-state index in [4.69, 9.17) is 0 Å². The first-order valence-electron chi connectivity index (χ1n) is 9.98. The molecule has 1 aliphatic heterocycles. The van der Waals surface area contributed by atoms with Crippen LogP contribution in [0.15, 0.2) is 47.4 Å². The molecule has 6 nitrogen and oxygen atoms in total. The van der Waals surface area contributed by atoms with Gasteiger partial charge in [-0.2, -0.15) is 26.3 Å². The molecule has 0 aliphatic carbocycles. The number of fused-ring (bicyclic) bond motifs is 1. The molecule has 1 heterocycles. The number of carbonyl (C=O) groups is 1. The number of hydrogen-bond donors (Lipinski definition) is 3. The van der Waals surface area contributed by atoms with Crippen molar-refractivity contribution in [3.8, 4) is 0 Å². The zero-order valence-corrected chi connectivity index (χ0v) is 18.4. The number of hydrogen-bond acceptors (Lipinski definition) is 5. The summed E-state index contributed by atoms with van der Waals surface area (Å²) in [6.45, 7) is 1.91. The first-order chi connectivity index (χ1) is 15.6. The number of benzene rings is 2. The van der Waals surface area contributed by atoms with Crippen molar-refractivity contribution in [3.63, 3.8) is 0 Å². The summed E-state index contributed by atoms with van der Waals surface area (Å²) in [5.74, 6) is -0.686. The van der Waals surface area contributed by atoms with E-state index in [-0.39, 0.29) is 22.9 Å². The molecule has 0 radical (unpaired) electrons. The SMILES string of the molecule is CCCS(=O)(=O)c1ccc2c(c1)CNC2C(=O)Nc1ccc(C(O)(C(F)(F)F)C(F)(F)F)cc1. The van der Waals surface area contributed by atoms with Crippen molar-refractivity contribution in [1.82, 2.24) is 5.32 Å². The molecule has 34 heavy (non-hydrogen) atoms. The lowest BCUT2D eigenvalue weighted by Crippen LogP contribution is -2.53. The van der Waals surface area contributed by atoms with Gasteiger partial charge in [0.1, 0.15) is 6.04 Å². The van der Waals surface area contributed by atoms with Gasteiger partial charge in [-0.15, -0.1) is 0 Å². The lowest BCUT2D eigenvalue weighted by molar-refractivity contribution is -0.376. The van der Waals surface area contributed by atoms with E-state index in [1.54, 1.807) is 6.92 Å². The summed E-state index contributed by atoms with van der Waals surface area (Å²) < 4.78 is 103. The topological polar surface area (TPSA) is 95.5 Å². The molecule has 0 bridgehead atoms. The molecule has 0 saturated carbocycles. The van der Waals surface area contributed by atoms with Crippen molar-refractivity contribution in [3.05, 3.63) is 59.2 Å². The molecular formula is C21H20F6N2O4S. The number of aliphatic hydroxyl groups is 1. The number of halogens is 6. The zero-order chi connectivity index (χ0) is 25.5. The average Bonchev–Trinajstić information content (AvgIpc) is 3.15. The molecule has 186 valence electrons. The van der Waals surface area contributed by atoms with Crippen LogP contribution < -0.4 is 10.6 Å². The maximum absolute atomic E-state index is 13.0. The third-order valence-electron chi connectivity index (χ3n) is 5.41. The molecule has 2 aromatic carbocycles. The van der Waals surface area contributed by atoms with Crippen LogP contribution in [0.5, 0.6) is 0 Å². The minimum atomic E-state index is -6.02. The molecule has 0 spiro atoms. The predicted molar refractivity (Wildman–Crippen MR) is 109 cm³/mol. The largest absolute Gasteiger partial charge is 0.430 e. The number of rotatable bonds is 6. The normalized spacial score (nSPS) is 16.9. The smallest absolute Gasteiger partial charge is 0.369 e. The first kappa shape index (κ1) is 26.0. The molecule has 0 saturated heterocycles. The van der Waals surface area contributed by atoms with Gasteiger partial charge in [0.15, 0.2) is 9.84 Å². The summed E-state index contributed by atoms with van der Waals surface area (Å²) in [4.78, 5) is 12.8. The molecule has 1 atom stereocenters. The Kier molecular flexibility index (Phi) is 6.77. The minimum Gasteiger partial charge on any atom is -0.369 e. The van der Waals surface area contributed by atoms with Gasteiger partial charge in [-0.3, -0.25) is 10.1 Å². The lowest BCUT2D eigenvalue weighted by Gasteiger charge is -2.32. The van der Waals surface area contributed by atoms with Crippen LogP contribution in [-0.2, 0) is 26.8 Å². The van der Waals surface area contributed by atoms with Crippen molar-refractivity contribution in [2.45, 2.75) is 48.8 Å². The van der Waals surface area contributed by atoms with Crippen LogP contribution >= 0.6 is 0 Å². The molecule has 1 aliphatic rings. The number of amides is 1. The Bertz CT molecular complexity index is 1160. The highest BCUT2D eigenvalue weighted by molar-refractivity contribution is 7.91. The molecule has 3 rings (SSSR count). The van der Waals surface area contributed by atoms with Gasteiger partial charge in [-0.25, -0.2) is 8.42 Å². The van der Waals surface area contributed by atoms with Crippen LogP contribution in [0.3, 0.4) is 0 Å². The number of sulfone groups is 1. The van der Waals surface area contributed by atoms with Crippen LogP contribution in [0.2, 0.25) is 0 Å². The van der Waals surface area contributed by atoms with Gasteiger partial charge < -0.3 is 10.4 Å². The van der Waals surface area contributed by atoms with Gasteiger partial charge >= 0.3 is 12.4 Å². The van der Waals surface area contributed by atoms with Gasteiger partial charge in [0.2, 0.25) is 5.91 Å². The first-order valence-corrected chi connectivity index (χ1v) is 11.6. The Morgan fingerprint density at radius 3 is 2.18 bits per heavy atom. The number of nitrogens with one attached hydrogen (secondary N) is 2. The highest BCUT2D eigenvalue weighted by Crippen LogP contribution is 2.50. The fraction of sp³-hybridized carbons (Fsp3) is 0.381. The Balaban J connectivity index is 1.80. The second-order valence-corrected chi connectivity index (χ2v) is 9.88. The van der Waals surface area contributed by atoms with E-state index in [1.807, 2.05) is 0 Å². The standard InChI is InChI=1S/C21H20F6N2O4S/c1-2-9-34(32,33)15-7-8-16-12(10-15)11-28-17(16)18(30)29-14-5-3-13(4-6-14)19(31,20(22,23)24)21(25,26)27/h3-8,10,17,28,31H,2,9,11H2,1H3,(H,29,30). The van der Waals surface area contributed by atoms with Crippen molar-refractivity contribution in [1.29, 1.82) is 0 Å². The van der Waals surface area contributed by atoms with Crippen molar-refractivity contribution in [2.24, 2.45) is 0 Å². The van der Waals surface area contributed by atoms with E-state index in [2.05, 4.69) is 10.6 Å². The maximum atomic E-state index is 13.0. The van der Waals surface area contributed by atoms with Crippen LogP contribution in [0.25, 0.3) is 0 Å². The summed E-state index contributed by atoms with van der Waals surface area (Å²) >= 11 is 0. The molecule has 13 heteroatoms. The van der Waals surface area contributed by atoms with Gasteiger partial charge in [0.25, 0.3) is 5.60 Å². The fourth-order valence-corrected chi connectivity index (χ4v) is 5.02. The highest BCUT2D eigenvalue weighted by Gasteiger charge is 2.71. The van der Waals surface area contributed by atoms with Crippen LogP contribution in [0.4, 0.5) is 32.0 Å². The van der Waals surface area contributed by atoms with E-state index in [9.17, 15) is 44.7 Å². The monoisotopic (exact) mass is 510 g/mol. The second kappa shape index (κ2) is 8.86. The van der Waals surface area contributed by atoms with Gasteiger partial charge in [0.05, 0.1) is 10.6 Å². The summed E-state index contributed by atoms with van der Waals surface area (Å²) in [5.41, 5.74) is -5.54. The number of alkyl halides is 6. The summed E-state index contributed by atoms with van der Waals surface area (Å²) in [5, 5.41) is 14.7. The Morgan fingerprint density at radius 1 is 1.06 bits per heavy atom. The quantitative estimate of drug-likeness (QED) is 0.512. The summed E-state index contributed by atoms with van der Waals surface area (Å²) in [7, 11) is -3.46. The third kappa shape index (κ3) is 4.64. The van der Waals surface area contributed by atoms with E-state index >= 15 is 0 Å². The molecule has 1 amide bonds. The van der Waals surface area contributed by atoms with E-state index in [0.717, 1.165) is 12.1 Å². The minimum absolute atomic E-state index is 0.0308. The second-order valence-electron chi connectivity index (χ2n) is 7.77. The molecule has 0 aromatic heterocycles. The average molecular weight is 510 g/mol. The van der Waals surface area contributed by atoms with Crippen LogP contribution in [-0.4, -0.2) is 37.5 Å². The predicted octanol–water partition coefficient (Wildman–Crippen LogP) is 3.97. The van der Waals surface area contributed by atoms with Gasteiger partial charge in [-0.05, 0) is 41.8 Å².